The Kier molecular flexibility index (Phi) is 8.31. The van der Waals surface area contributed by atoms with Crippen molar-refractivity contribution in [2.45, 2.75) is 45.1 Å². The Bertz CT molecular complexity index is 1010. The molecule has 0 radical (unpaired) electrons. The second kappa shape index (κ2) is 11.6. The summed E-state index contributed by atoms with van der Waals surface area (Å²) >= 11 is 0. The number of hydrogen-bond acceptors (Lipinski definition) is 4. The molecule has 0 spiro atoms. The van der Waals surface area contributed by atoms with Gasteiger partial charge < -0.3 is 10.6 Å². The number of hydrazone groups is 1. The van der Waals surface area contributed by atoms with Gasteiger partial charge in [-0.15, -0.1) is 0 Å². The highest BCUT2D eigenvalue weighted by Crippen LogP contribution is 2.20. The number of amides is 3. The maximum atomic E-state index is 12.7. The predicted octanol–water partition coefficient (Wildman–Crippen LogP) is 3.89. The summed E-state index contributed by atoms with van der Waals surface area (Å²) in [5.41, 5.74) is 4.63. The molecule has 0 saturated heterocycles. The predicted molar refractivity (Wildman–Crippen MR) is 126 cm³/mol. The molecule has 3 amide bonds. The lowest BCUT2D eigenvalue weighted by molar-refractivity contribution is -0.136. The summed E-state index contributed by atoms with van der Waals surface area (Å²) in [6.07, 6.45) is 8.67. The first-order valence-corrected chi connectivity index (χ1v) is 10.8. The summed E-state index contributed by atoms with van der Waals surface area (Å²) in [7, 11) is 0. The van der Waals surface area contributed by atoms with Crippen LogP contribution in [0.2, 0.25) is 0 Å². The van der Waals surface area contributed by atoms with E-state index in [0.29, 0.717) is 5.56 Å². The fraction of sp³-hybridized carbons (Fsp3) is 0.280. The van der Waals surface area contributed by atoms with E-state index in [1.807, 2.05) is 43.3 Å². The maximum absolute atomic E-state index is 12.7. The number of para-hydroxylation sites is 1. The topological polar surface area (TPSA) is 99.7 Å². The Morgan fingerprint density at radius 2 is 1.59 bits per heavy atom. The average Bonchev–Trinajstić information content (AvgIpc) is 2.80. The number of nitrogens with one attached hydrogen (secondary N) is 3. The van der Waals surface area contributed by atoms with E-state index in [1.54, 1.807) is 24.3 Å². The number of anilines is 1. The first-order chi connectivity index (χ1) is 15.5. The third kappa shape index (κ3) is 6.91. The van der Waals surface area contributed by atoms with Crippen LogP contribution in [0.15, 0.2) is 65.3 Å². The molecule has 0 aliphatic heterocycles. The van der Waals surface area contributed by atoms with Crippen LogP contribution < -0.4 is 16.1 Å². The highest BCUT2D eigenvalue weighted by molar-refractivity contribution is 6.40. The Balaban J connectivity index is 1.56. The molecular weight excluding hydrogens is 404 g/mol. The fourth-order valence-electron chi connectivity index (χ4n) is 3.57. The Morgan fingerprint density at radius 3 is 2.34 bits per heavy atom. The van der Waals surface area contributed by atoms with Crippen LogP contribution >= 0.6 is 0 Å². The number of benzene rings is 2. The summed E-state index contributed by atoms with van der Waals surface area (Å²) in [5, 5.41) is 9.36. The minimum Gasteiger partial charge on any atom is -0.349 e. The second-order valence-electron chi connectivity index (χ2n) is 7.81. The Hall–Kier alpha value is -3.74. The third-order valence-electron chi connectivity index (χ3n) is 5.19. The van der Waals surface area contributed by atoms with Crippen molar-refractivity contribution >= 4 is 35.7 Å². The van der Waals surface area contributed by atoms with Crippen molar-refractivity contribution in [2.24, 2.45) is 5.10 Å². The minimum atomic E-state index is -0.920. The molecule has 1 aliphatic carbocycles. The molecule has 0 atom stereocenters. The first-order valence-electron chi connectivity index (χ1n) is 10.8. The zero-order chi connectivity index (χ0) is 22.8. The fourth-order valence-corrected chi connectivity index (χ4v) is 3.57. The summed E-state index contributed by atoms with van der Waals surface area (Å²) in [5.74, 6) is -2.08. The first kappa shape index (κ1) is 22.9. The van der Waals surface area contributed by atoms with Crippen LogP contribution in [0.5, 0.6) is 0 Å². The highest BCUT2D eigenvalue weighted by atomic mass is 16.2. The van der Waals surface area contributed by atoms with Gasteiger partial charge in [0.05, 0.1) is 17.5 Å². The molecule has 0 heterocycles. The zero-order valence-corrected chi connectivity index (χ0v) is 18.1. The van der Waals surface area contributed by atoms with Crippen molar-refractivity contribution in [2.75, 3.05) is 5.32 Å². The lowest BCUT2D eigenvalue weighted by Crippen LogP contribution is -2.37. The van der Waals surface area contributed by atoms with Gasteiger partial charge in [0.1, 0.15) is 0 Å². The number of carbonyl (C=O) groups excluding carboxylic acids is 3. The molecule has 0 unspecified atom stereocenters. The highest BCUT2D eigenvalue weighted by Gasteiger charge is 2.20. The van der Waals surface area contributed by atoms with Gasteiger partial charge in [0, 0.05) is 6.04 Å². The number of nitrogens with zero attached hydrogens (tertiary/aromatic N) is 1. The van der Waals surface area contributed by atoms with Crippen molar-refractivity contribution in [3.05, 3.63) is 71.3 Å². The molecule has 0 bridgehead atoms. The van der Waals surface area contributed by atoms with Crippen molar-refractivity contribution in [3.8, 4) is 0 Å². The van der Waals surface area contributed by atoms with Gasteiger partial charge in [0.25, 0.3) is 5.91 Å². The van der Waals surface area contributed by atoms with Crippen LogP contribution in [0, 0.1) is 0 Å². The molecule has 2 aromatic carbocycles. The van der Waals surface area contributed by atoms with E-state index in [0.717, 1.165) is 36.8 Å². The van der Waals surface area contributed by atoms with Crippen LogP contribution in [0.4, 0.5) is 5.69 Å². The smallest absolute Gasteiger partial charge is 0.329 e. The number of rotatable bonds is 6. The molecular formula is C25H28N4O3. The quantitative estimate of drug-likeness (QED) is 0.367. The maximum Gasteiger partial charge on any atom is 0.329 e. The van der Waals surface area contributed by atoms with Gasteiger partial charge in [0.15, 0.2) is 0 Å². The molecule has 0 aromatic heterocycles. The lowest BCUT2D eigenvalue weighted by atomic mass is 9.95. The van der Waals surface area contributed by atoms with E-state index in [4.69, 9.17) is 0 Å². The van der Waals surface area contributed by atoms with E-state index in [1.165, 1.54) is 12.6 Å². The SMILES string of the molecule is CC(=C/c1ccccc1)/C=N/NC(=O)C(=O)Nc1ccccc1C(=O)NC1CCCCC1. The van der Waals surface area contributed by atoms with Gasteiger partial charge in [-0.3, -0.25) is 14.4 Å². The van der Waals surface area contributed by atoms with E-state index in [9.17, 15) is 14.4 Å². The molecule has 32 heavy (non-hydrogen) atoms. The molecule has 7 nitrogen and oxygen atoms in total. The van der Waals surface area contributed by atoms with Crippen LogP contribution in [0.3, 0.4) is 0 Å². The minimum absolute atomic E-state index is 0.143. The van der Waals surface area contributed by atoms with Gasteiger partial charge in [-0.05, 0) is 43.0 Å². The molecule has 1 saturated carbocycles. The summed E-state index contributed by atoms with van der Waals surface area (Å²) in [6.45, 7) is 1.84. The zero-order valence-electron chi connectivity index (χ0n) is 18.1. The second-order valence-corrected chi connectivity index (χ2v) is 7.81. The summed E-state index contributed by atoms with van der Waals surface area (Å²) in [6, 6.07) is 16.5. The Morgan fingerprint density at radius 1 is 0.906 bits per heavy atom. The van der Waals surface area contributed by atoms with E-state index in [-0.39, 0.29) is 17.6 Å². The number of allylic oxidation sites excluding steroid dienone is 1. The van der Waals surface area contributed by atoms with Crippen molar-refractivity contribution in [1.29, 1.82) is 0 Å². The average molecular weight is 433 g/mol. The monoisotopic (exact) mass is 432 g/mol. The summed E-state index contributed by atoms with van der Waals surface area (Å²) in [4.78, 5) is 37.1. The van der Waals surface area contributed by atoms with Crippen LogP contribution in [0.1, 0.15) is 54.9 Å². The van der Waals surface area contributed by atoms with Gasteiger partial charge in [-0.1, -0.05) is 67.8 Å². The van der Waals surface area contributed by atoms with Crippen molar-refractivity contribution in [3.63, 3.8) is 0 Å². The molecule has 3 rings (SSSR count). The number of hydrogen-bond donors (Lipinski definition) is 3. The van der Waals surface area contributed by atoms with Crippen LogP contribution in [-0.2, 0) is 9.59 Å². The molecule has 166 valence electrons. The summed E-state index contributed by atoms with van der Waals surface area (Å²) < 4.78 is 0. The van der Waals surface area contributed by atoms with Gasteiger partial charge >= 0.3 is 11.8 Å². The van der Waals surface area contributed by atoms with E-state index in [2.05, 4.69) is 21.2 Å². The van der Waals surface area contributed by atoms with Crippen LogP contribution in [0.25, 0.3) is 6.08 Å². The standard InChI is InChI=1S/C25H28N4O3/c1-18(16-19-10-4-2-5-11-19)17-26-29-25(32)24(31)28-22-15-9-8-14-21(22)23(30)27-20-12-6-3-7-13-20/h2,4-5,8-11,14-17,20H,3,6-7,12-13H2,1H3,(H,27,30)(H,28,31)(H,29,32)/b18-16-,26-17+. The van der Waals surface area contributed by atoms with Gasteiger partial charge in [-0.2, -0.15) is 5.10 Å². The normalized spacial score (nSPS) is 14.7. The van der Waals surface area contributed by atoms with Gasteiger partial charge in [0.2, 0.25) is 0 Å². The third-order valence-corrected chi connectivity index (χ3v) is 5.19. The molecule has 1 fully saturated rings. The largest absolute Gasteiger partial charge is 0.349 e. The molecule has 3 N–H and O–H groups in total. The van der Waals surface area contributed by atoms with E-state index >= 15 is 0 Å². The molecule has 7 heteroatoms. The number of carbonyl (C=O) groups is 3. The Labute approximate surface area is 188 Å². The van der Waals surface area contributed by atoms with Gasteiger partial charge in [-0.25, -0.2) is 5.43 Å². The van der Waals surface area contributed by atoms with Crippen LogP contribution in [-0.4, -0.2) is 30.0 Å². The molecule has 1 aliphatic rings. The molecule has 2 aromatic rings. The van der Waals surface area contributed by atoms with Crippen molar-refractivity contribution in [1.82, 2.24) is 10.7 Å². The van der Waals surface area contributed by atoms with Crippen molar-refractivity contribution < 1.29 is 14.4 Å². The lowest BCUT2D eigenvalue weighted by Gasteiger charge is -2.23. The van der Waals surface area contributed by atoms with E-state index < -0.39 is 11.8 Å².